The Hall–Kier alpha value is -0.770. The molecule has 1 fully saturated rings. The number of carbonyl (C=O) groups excluding carboxylic acids is 1. The molecule has 112 valence electrons. The van der Waals surface area contributed by atoms with E-state index in [2.05, 4.69) is 43.1 Å². The maximum atomic E-state index is 9.91. The van der Waals surface area contributed by atoms with Crippen LogP contribution in [0.3, 0.4) is 0 Å². The Kier molecular flexibility index (Phi) is 17.8. The molecule has 0 aromatic carbocycles. The lowest BCUT2D eigenvalue weighted by atomic mass is 9.88. The molecule has 1 rings (SSSR count). The lowest BCUT2D eigenvalue weighted by Gasteiger charge is -2.26. The van der Waals surface area contributed by atoms with Crippen LogP contribution in [0.25, 0.3) is 0 Å². The van der Waals surface area contributed by atoms with E-state index in [1.165, 1.54) is 0 Å². The summed E-state index contributed by atoms with van der Waals surface area (Å²) < 4.78 is 4.40. The van der Waals surface area contributed by atoms with Crippen molar-refractivity contribution in [2.45, 2.75) is 61.4 Å². The SMILES string of the molecule is CC.CC.CNC(C)C(C)(C)C.O=C1NCCO1. The van der Waals surface area contributed by atoms with Gasteiger partial charge in [0, 0.05) is 6.04 Å². The minimum absolute atomic E-state index is 0.296. The van der Waals surface area contributed by atoms with Gasteiger partial charge in [-0.15, -0.1) is 0 Å². The lowest BCUT2D eigenvalue weighted by molar-refractivity contribution is 0.178. The predicted octanol–water partition coefficient (Wildman–Crippen LogP) is 3.42. The number of nitrogens with one attached hydrogen (secondary N) is 2. The second-order valence-electron chi connectivity index (χ2n) is 4.44. The number of rotatable bonds is 1. The number of cyclic esters (lactones) is 1. The molecule has 1 amide bonds. The molecule has 0 aliphatic carbocycles. The molecule has 2 N–H and O–H groups in total. The highest BCUT2D eigenvalue weighted by atomic mass is 16.6. The second-order valence-corrected chi connectivity index (χ2v) is 4.44. The molecule has 0 radical (unpaired) electrons. The molecule has 0 saturated carbocycles. The van der Waals surface area contributed by atoms with Crippen LogP contribution in [-0.2, 0) is 4.74 Å². The fraction of sp³-hybridized carbons (Fsp3) is 0.929. The molecular weight excluding hydrogens is 228 g/mol. The first kappa shape index (κ1) is 22.4. The number of hydrogen-bond donors (Lipinski definition) is 2. The molecule has 1 atom stereocenters. The first-order chi connectivity index (χ1) is 8.38. The Labute approximate surface area is 114 Å². The quantitative estimate of drug-likeness (QED) is 0.761. The predicted molar refractivity (Wildman–Crippen MR) is 80.0 cm³/mol. The zero-order valence-electron chi connectivity index (χ0n) is 13.8. The summed E-state index contributed by atoms with van der Waals surface area (Å²) in [5, 5.41) is 5.66. The van der Waals surface area contributed by atoms with Crippen LogP contribution >= 0.6 is 0 Å². The van der Waals surface area contributed by atoms with Crippen LogP contribution in [0.2, 0.25) is 0 Å². The van der Waals surface area contributed by atoms with Gasteiger partial charge in [-0.25, -0.2) is 4.79 Å². The van der Waals surface area contributed by atoms with Gasteiger partial charge in [-0.05, 0) is 19.4 Å². The third kappa shape index (κ3) is 15.2. The minimum Gasteiger partial charge on any atom is -0.448 e. The molecule has 0 aromatic rings. The van der Waals surface area contributed by atoms with Crippen molar-refractivity contribution in [3.63, 3.8) is 0 Å². The van der Waals surface area contributed by atoms with Crippen LogP contribution in [0.5, 0.6) is 0 Å². The first-order valence-electron chi connectivity index (χ1n) is 6.96. The number of ether oxygens (including phenoxy) is 1. The summed E-state index contributed by atoms with van der Waals surface area (Å²) >= 11 is 0. The van der Waals surface area contributed by atoms with Gasteiger partial charge in [0.2, 0.25) is 0 Å². The molecule has 1 unspecified atom stereocenters. The summed E-state index contributed by atoms with van der Waals surface area (Å²) in [6.07, 6.45) is -0.296. The molecule has 1 aliphatic heterocycles. The topological polar surface area (TPSA) is 50.4 Å². The summed E-state index contributed by atoms with van der Waals surface area (Å²) in [6.45, 7) is 18.1. The van der Waals surface area contributed by atoms with Crippen molar-refractivity contribution in [3.05, 3.63) is 0 Å². The Morgan fingerprint density at radius 2 is 1.67 bits per heavy atom. The van der Waals surface area contributed by atoms with E-state index in [0.717, 1.165) is 0 Å². The third-order valence-corrected chi connectivity index (χ3v) is 2.34. The van der Waals surface area contributed by atoms with Crippen LogP contribution in [0.1, 0.15) is 55.4 Å². The molecule has 1 aliphatic rings. The fourth-order valence-electron chi connectivity index (χ4n) is 0.781. The molecule has 1 heterocycles. The van der Waals surface area contributed by atoms with Gasteiger partial charge in [0.1, 0.15) is 6.61 Å². The highest BCUT2D eigenvalue weighted by molar-refractivity contribution is 5.68. The molecular formula is C14H34N2O2. The smallest absolute Gasteiger partial charge is 0.407 e. The molecule has 0 spiro atoms. The third-order valence-electron chi connectivity index (χ3n) is 2.34. The van der Waals surface area contributed by atoms with E-state index >= 15 is 0 Å². The summed E-state index contributed by atoms with van der Waals surface area (Å²) in [5.74, 6) is 0. The van der Waals surface area contributed by atoms with Crippen molar-refractivity contribution in [2.24, 2.45) is 5.41 Å². The highest BCUT2D eigenvalue weighted by Crippen LogP contribution is 2.17. The maximum absolute atomic E-state index is 9.91. The van der Waals surface area contributed by atoms with Crippen LogP contribution in [0, 0.1) is 5.41 Å². The average molecular weight is 262 g/mol. The molecule has 18 heavy (non-hydrogen) atoms. The van der Waals surface area contributed by atoms with Gasteiger partial charge in [0.15, 0.2) is 0 Å². The largest absolute Gasteiger partial charge is 0.448 e. The van der Waals surface area contributed by atoms with Crippen molar-refractivity contribution in [3.8, 4) is 0 Å². The number of hydrogen-bond acceptors (Lipinski definition) is 3. The van der Waals surface area contributed by atoms with Gasteiger partial charge >= 0.3 is 6.09 Å². The maximum Gasteiger partial charge on any atom is 0.407 e. The Balaban J connectivity index is -0.000000199. The summed E-state index contributed by atoms with van der Waals surface area (Å²) in [6, 6.07) is 0.600. The number of amides is 1. The van der Waals surface area contributed by atoms with Crippen LogP contribution in [-0.4, -0.2) is 32.3 Å². The number of carbonyl (C=O) groups is 1. The molecule has 0 bridgehead atoms. The average Bonchev–Trinajstić information content (AvgIpc) is 2.84. The first-order valence-corrected chi connectivity index (χ1v) is 6.96. The van der Waals surface area contributed by atoms with Crippen LogP contribution in [0.4, 0.5) is 4.79 Å². The van der Waals surface area contributed by atoms with Crippen molar-refractivity contribution in [2.75, 3.05) is 20.2 Å². The Morgan fingerprint density at radius 1 is 1.22 bits per heavy atom. The van der Waals surface area contributed by atoms with Gasteiger partial charge in [-0.1, -0.05) is 48.5 Å². The highest BCUT2D eigenvalue weighted by Gasteiger charge is 2.16. The fourth-order valence-corrected chi connectivity index (χ4v) is 0.781. The second kappa shape index (κ2) is 14.3. The molecule has 0 aromatic heterocycles. The molecule has 1 saturated heterocycles. The summed E-state index contributed by atoms with van der Waals surface area (Å²) in [7, 11) is 2.00. The summed E-state index contributed by atoms with van der Waals surface area (Å²) in [5.41, 5.74) is 0.398. The standard InChI is InChI=1S/C7H17N.C3H5NO2.2C2H6/c1-6(8-5)7(2,3)4;5-3-4-1-2-6-3;2*1-2/h6,8H,1-5H3;1-2H2,(H,4,5);2*1-2H3. The van der Waals surface area contributed by atoms with E-state index in [1.54, 1.807) is 0 Å². The van der Waals surface area contributed by atoms with Crippen LogP contribution < -0.4 is 10.6 Å². The van der Waals surface area contributed by atoms with E-state index in [0.29, 0.717) is 24.6 Å². The normalized spacial score (nSPS) is 14.4. The molecule has 4 heteroatoms. The summed E-state index contributed by atoms with van der Waals surface area (Å²) in [4.78, 5) is 9.91. The Bertz CT molecular complexity index is 169. The van der Waals surface area contributed by atoms with Crippen molar-refractivity contribution < 1.29 is 9.53 Å². The van der Waals surface area contributed by atoms with Crippen molar-refractivity contribution in [1.82, 2.24) is 10.6 Å². The van der Waals surface area contributed by atoms with Gasteiger partial charge in [0.25, 0.3) is 0 Å². The molecule has 4 nitrogen and oxygen atoms in total. The van der Waals surface area contributed by atoms with E-state index in [9.17, 15) is 4.79 Å². The van der Waals surface area contributed by atoms with E-state index in [1.807, 2.05) is 34.7 Å². The van der Waals surface area contributed by atoms with Gasteiger partial charge in [0.05, 0.1) is 6.54 Å². The Morgan fingerprint density at radius 3 is 1.72 bits per heavy atom. The monoisotopic (exact) mass is 262 g/mol. The zero-order valence-corrected chi connectivity index (χ0v) is 13.8. The van der Waals surface area contributed by atoms with Crippen molar-refractivity contribution in [1.29, 1.82) is 0 Å². The van der Waals surface area contributed by atoms with Crippen LogP contribution in [0.15, 0.2) is 0 Å². The van der Waals surface area contributed by atoms with E-state index in [-0.39, 0.29) is 6.09 Å². The zero-order chi connectivity index (χ0) is 15.2. The van der Waals surface area contributed by atoms with E-state index < -0.39 is 0 Å². The van der Waals surface area contributed by atoms with E-state index in [4.69, 9.17) is 0 Å². The number of alkyl carbamates (subject to hydrolysis) is 1. The van der Waals surface area contributed by atoms with Crippen molar-refractivity contribution >= 4 is 6.09 Å². The van der Waals surface area contributed by atoms with Gasteiger partial charge in [-0.2, -0.15) is 0 Å². The van der Waals surface area contributed by atoms with Gasteiger partial charge < -0.3 is 15.4 Å². The van der Waals surface area contributed by atoms with Gasteiger partial charge in [-0.3, -0.25) is 0 Å². The lowest BCUT2D eigenvalue weighted by Crippen LogP contribution is -2.34. The minimum atomic E-state index is -0.296.